The third-order valence-corrected chi connectivity index (χ3v) is 3.78. The van der Waals surface area contributed by atoms with Gasteiger partial charge in [0.1, 0.15) is 0 Å². The van der Waals surface area contributed by atoms with E-state index < -0.39 is 0 Å². The lowest BCUT2D eigenvalue weighted by molar-refractivity contribution is 0.687. The van der Waals surface area contributed by atoms with Crippen molar-refractivity contribution in [2.24, 2.45) is 0 Å². The van der Waals surface area contributed by atoms with Crippen LogP contribution in [0, 0.1) is 6.92 Å². The lowest BCUT2D eigenvalue weighted by atomic mass is 9.95. The van der Waals surface area contributed by atoms with Crippen LogP contribution in [0.25, 0.3) is 0 Å². The quantitative estimate of drug-likeness (QED) is 0.861. The van der Waals surface area contributed by atoms with Crippen molar-refractivity contribution in [1.29, 1.82) is 0 Å². The molecule has 0 aromatic heterocycles. The number of rotatable bonds is 3. The second kappa shape index (κ2) is 5.87. The van der Waals surface area contributed by atoms with E-state index in [2.05, 4.69) is 58.5 Å². The van der Waals surface area contributed by atoms with E-state index in [0.717, 1.165) is 9.50 Å². The van der Waals surface area contributed by atoms with E-state index in [-0.39, 0.29) is 6.04 Å². The molecule has 0 amide bonds. The van der Waals surface area contributed by atoms with Crippen molar-refractivity contribution in [2.45, 2.75) is 13.0 Å². The van der Waals surface area contributed by atoms with Crippen LogP contribution >= 0.6 is 27.5 Å². The summed E-state index contributed by atoms with van der Waals surface area (Å²) in [7, 11) is 1.97. The third kappa shape index (κ3) is 2.94. The van der Waals surface area contributed by atoms with Crippen molar-refractivity contribution in [3.05, 3.63) is 68.7 Å². The van der Waals surface area contributed by atoms with Gasteiger partial charge in [-0.15, -0.1) is 0 Å². The van der Waals surface area contributed by atoms with Crippen molar-refractivity contribution in [2.75, 3.05) is 7.05 Å². The van der Waals surface area contributed by atoms with E-state index in [1.54, 1.807) is 0 Å². The highest BCUT2D eigenvalue weighted by molar-refractivity contribution is 9.10. The molecule has 0 saturated heterocycles. The molecule has 2 rings (SSSR count). The molecule has 18 heavy (non-hydrogen) atoms. The standard InChI is InChI=1S/C15H15BrClN/c1-10-9-12(16)5-8-14(10)15(18-2)11-3-6-13(17)7-4-11/h3-9,15,18H,1-2H3. The van der Waals surface area contributed by atoms with Gasteiger partial charge in [-0.2, -0.15) is 0 Å². The van der Waals surface area contributed by atoms with Crippen molar-refractivity contribution < 1.29 is 0 Å². The summed E-state index contributed by atoms with van der Waals surface area (Å²) in [5.74, 6) is 0. The second-order valence-electron chi connectivity index (χ2n) is 4.27. The fourth-order valence-electron chi connectivity index (χ4n) is 2.12. The molecule has 1 nitrogen and oxygen atoms in total. The number of hydrogen-bond acceptors (Lipinski definition) is 1. The first-order valence-corrected chi connectivity index (χ1v) is 6.97. The zero-order chi connectivity index (χ0) is 13.1. The summed E-state index contributed by atoms with van der Waals surface area (Å²) in [6.07, 6.45) is 0. The van der Waals surface area contributed by atoms with Crippen LogP contribution in [0.15, 0.2) is 46.9 Å². The minimum atomic E-state index is 0.190. The van der Waals surface area contributed by atoms with Crippen LogP contribution in [-0.2, 0) is 0 Å². The topological polar surface area (TPSA) is 12.0 Å². The molecule has 3 heteroatoms. The van der Waals surface area contributed by atoms with Gasteiger partial charge < -0.3 is 5.32 Å². The smallest absolute Gasteiger partial charge is 0.0576 e. The molecule has 1 N–H and O–H groups in total. The van der Waals surface area contributed by atoms with Crippen molar-refractivity contribution in [3.8, 4) is 0 Å². The highest BCUT2D eigenvalue weighted by atomic mass is 79.9. The lowest BCUT2D eigenvalue weighted by Crippen LogP contribution is -2.18. The van der Waals surface area contributed by atoms with Crippen molar-refractivity contribution in [3.63, 3.8) is 0 Å². The molecule has 0 spiro atoms. The van der Waals surface area contributed by atoms with Crippen LogP contribution in [0.4, 0.5) is 0 Å². The number of benzene rings is 2. The lowest BCUT2D eigenvalue weighted by Gasteiger charge is -2.19. The largest absolute Gasteiger partial charge is 0.309 e. The van der Waals surface area contributed by atoms with Crippen molar-refractivity contribution in [1.82, 2.24) is 5.32 Å². The predicted molar refractivity (Wildman–Crippen MR) is 81.2 cm³/mol. The summed E-state index contributed by atoms with van der Waals surface area (Å²) in [6, 6.07) is 14.5. The molecule has 2 aromatic rings. The first-order valence-electron chi connectivity index (χ1n) is 5.80. The normalized spacial score (nSPS) is 12.4. The Morgan fingerprint density at radius 2 is 1.78 bits per heavy atom. The van der Waals surface area contributed by atoms with Gasteiger partial charge in [0.15, 0.2) is 0 Å². The van der Waals surface area contributed by atoms with E-state index in [4.69, 9.17) is 11.6 Å². The molecule has 0 radical (unpaired) electrons. The van der Waals surface area contributed by atoms with Gasteiger partial charge in [-0.3, -0.25) is 0 Å². The predicted octanol–water partition coefficient (Wildman–Crippen LogP) is 4.72. The maximum Gasteiger partial charge on any atom is 0.0576 e. The second-order valence-corrected chi connectivity index (χ2v) is 5.63. The zero-order valence-corrected chi connectivity index (χ0v) is 12.7. The monoisotopic (exact) mass is 323 g/mol. The maximum absolute atomic E-state index is 5.93. The number of aryl methyl sites for hydroxylation is 1. The van der Waals surface area contributed by atoms with Gasteiger partial charge in [-0.25, -0.2) is 0 Å². The molecule has 0 heterocycles. The molecule has 1 atom stereocenters. The minimum Gasteiger partial charge on any atom is -0.309 e. The average molecular weight is 325 g/mol. The molecule has 0 aliphatic heterocycles. The van der Waals surface area contributed by atoms with Crippen LogP contribution in [0.5, 0.6) is 0 Å². The molecule has 0 bridgehead atoms. The molecule has 1 unspecified atom stereocenters. The van der Waals surface area contributed by atoms with Gasteiger partial charge in [0.2, 0.25) is 0 Å². The van der Waals surface area contributed by atoms with Crippen LogP contribution in [-0.4, -0.2) is 7.05 Å². The summed E-state index contributed by atoms with van der Waals surface area (Å²) < 4.78 is 1.11. The van der Waals surface area contributed by atoms with Gasteiger partial charge >= 0.3 is 0 Å². The van der Waals surface area contributed by atoms with Gasteiger partial charge in [-0.05, 0) is 54.9 Å². The fraction of sp³-hybridized carbons (Fsp3) is 0.200. The Bertz CT molecular complexity index is 537. The van der Waals surface area contributed by atoms with Gasteiger partial charge in [0.05, 0.1) is 6.04 Å². The Kier molecular flexibility index (Phi) is 4.44. The van der Waals surface area contributed by atoms with Gasteiger partial charge in [-0.1, -0.05) is 45.7 Å². The summed E-state index contributed by atoms with van der Waals surface area (Å²) >= 11 is 9.43. The van der Waals surface area contributed by atoms with E-state index in [1.807, 2.05) is 19.2 Å². The maximum atomic E-state index is 5.93. The van der Waals surface area contributed by atoms with Gasteiger partial charge in [0, 0.05) is 9.50 Å². The van der Waals surface area contributed by atoms with E-state index in [1.165, 1.54) is 16.7 Å². The summed E-state index contributed by atoms with van der Waals surface area (Å²) in [6.45, 7) is 2.13. The molecular formula is C15H15BrClN. The first-order chi connectivity index (χ1) is 8.61. The molecule has 94 valence electrons. The van der Waals surface area contributed by atoms with Crippen LogP contribution < -0.4 is 5.32 Å². The minimum absolute atomic E-state index is 0.190. The Morgan fingerprint density at radius 3 is 2.33 bits per heavy atom. The summed E-state index contributed by atoms with van der Waals surface area (Å²) in [4.78, 5) is 0. The first kappa shape index (κ1) is 13.6. The van der Waals surface area contributed by atoms with E-state index >= 15 is 0 Å². The molecule has 0 aliphatic carbocycles. The van der Waals surface area contributed by atoms with Crippen molar-refractivity contribution >= 4 is 27.5 Å². The highest BCUT2D eigenvalue weighted by Gasteiger charge is 2.14. The van der Waals surface area contributed by atoms with E-state index in [0.29, 0.717) is 0 Å². The Morgan fingerprint density at radius 1 is 1.11 bits per heavy atom. The Hall–Kier alpha value is -0.830. The van der Waals surface area contributed by atoms with Crippen LogP contribution in [0.3, 0.4) is 0 Å². The Labute approximate surface area is 121 Å². The van der Waals surface area contributed by atoms with Crippen LogP contribution in [0.1, 0.15) is 22.7 Å². The zero-order valence-electron chi connectivity index (χ0n) is 10.4. The number of hydrogen-bond donors (Lipinski definition) is 1. The molecule has 2 aromatic carbocycles. The fourth-order valence-corrected chi connectivity index (χ4v) is 2.72. The molecule has 0 saturated carbocycles. The SMILES string of the molecule is CNC(c1ccc(Cl)cc1)c1ccc(Br)cc1C. The summed E-state index contributed by atoms with van der Waals surface area (Å²) in [5, 5.41) is 4.12. The highest BCUT2D eigenvalue weighted by Crippen LogP contribution is 2.27. The van der Waals surface area contributed by atoms with Gasteiger partial charge in [0.25, 0.3) is 0 Å². The van der Waals surface area contributed by atoms with E-state index in [9.17, 15) is 0 Å². The molecule has 0 fully saturated rings. The Balaban J connectivity index is 2.41. The number of nitrogens with one attached hydrogen (secondary N) is 1. The number of halogens is 2. The third-order valence-electron chi connectivity index (χ3n) is 3.03. The van der Waals surface area contributed by atoms with Crippen LogP contribution in [0.2, 0.25) is 5.02 Å². The molecular weight excluding hydrogens is 310 g/mol. The average Bonchev–Trinajstić information content (AvgIpc) is 2.35. The molecule has 0 aliphatic rings. The summed E-state index contributed by atoms with van der Waals surface area (Å²) in [5.41, 5.74) is 3.76.